The van der Waals surface area contributed by atoms with Crippen LogP contribution in [0.15, 0.2) is 42.5 Å². The highest BCUT2D eigenvalue weighted by Gasteiger charge is 2.10. The second-order valence-corrected chi connectivity index (χ2v) is 4.68. The minimum atomic E-state index is -0.623. The third kappa shape index (κ3) is 6.78. The van der Waals surface area contributed by atoms with Gasteiger partial charge in [0.25, 0.3) is 5.69 Å². The molecule has 0 radical (unpaired) electrons. The van der Waals surface area contributed by atoms with E-state index in [-0.39, 0.29) is 16.9 Å². The van der Waals surface area contributed by atoms with E-state index in [1.54, 1.807) is 0 Å². The number of aldehydes is 1. The Labute approximate surface area is 142 Å². The molecule has 0 amide bonds. The van der Waals surface area contributed by atoms with Gasteiger partial charge in [-0.1, -0.05) is 13.8 Å². The Hall–Kier alpha value is -3.09. The van der Waals surface area contributed by atoms with Crippen LogP contribution in [0, 0.1) is 10.1 Å². The molecule has 4 N–H and O–H groups in total. The number of nitro benzene ring substituents is 1. The number of nitrogen functional groups attached to an aromatic ring is 2. The lowest BCUT2D eigenvalue weighted by atomic mass is 10.2. The Morgan fingerprint density at radius 3 is 2.00 bits per heavy atom. The first-order valence-corrected chi connectivity index (χ1v) is 7.37. The lowest BCUT2D eigenvalue weighted by Crippen LogP contribution is -2.08. The number of benzene rings is 2. The molecule has 24 heavy (non-hydrogen) atoms. The third-order valence-electron chi connectivity index (χ3n) is 2.80. The molecule has 0 atom stereocenters. The fraction of sp³-hybridized carbons (Fsp3) is 0.235. The zero-order valence-electron chi connectivity index (χ0n) is 14.4. The number of nitrogens with two attached hydrogens (primary N) is 2. The summed E-state index contributed by atoms with van der Waals surface area (Å²) in [6.07, 6.45) is 0.534. The number of nitrogens with zero attached hydrogens (tertiary/aromatic N) is 2. The Bertz CT molecular complexity index is 655. The van der Waals surface area contributed by atoms with Crippen molar-refractivity contribution in [2.75, 3.05) is 30.5 Å². The maximum absolute atomic E-state index is 10.3. The minimum Gasteiger partial charge on any atom is -0.399 e. The molecule has 2 aromatic rings. The topological polar surface area (TPSA) is 115 Å². The summed E-state index contributed by atoms with van der Waals surface area (Å²) >= 11 is 0. The average Bonchev–Trinajstić information content (AvgIpc) is 2.58. The highest BCUT2D eigenvalue weighted by molar-refractivity contribution is 5.78. The number of anilines is 3. The van der Waals surface area contributed by atoms with Crippen molar-refractivity contribution >= 4 is 29.0 Å². The van der Waals surface area contributed by atoms with Crippen LogP contribution in [0.25, 0.3) is 0 Å². The molecule has 130 valence electrons. The van der Waals surface area contributed by atoms with Crippen molar-refractivity contribution in [3.05, 3.63) is 58.1 Å². The third-order valence-corrected chi connectivity index (χ3v) is 2.80. The summed E-state index contributed by atoms with van der Waals surface area (Å²) in [6.45, 7) is 4.00. The second-order valence-electron chi connectivity index (χ2n) is 4.68. The molecule has 0 saturated heterocycles. The molecular weight excluding hydrogens is 308 g/mol. The summed E-state index contributed by atoms with van der Waals surface area (Å²) in [6, 6.07) is 11.7. The Balaban J connectivity index is 0.000000405. The van der Waals surface area contributed by atoms with Gasteiger partial charge in [0.15, 0.2) is 0 Å². The molecular formula is C17H24N4O3. The number of carbonyl (C=O) groups is 1. The maximum Gasteiger partial charge on any atom is 0.292 e. The number of hydrogen-bond acceptors (Lipinski definition) is 6. The Morgan fingerprint density at radius 1 is 1.04 bits per heavy atom. The van der Waals surface area contributed by atoms with Crippen molar-refractivity contribution < 1.29 is 9.72 Å². The van der Waals surface area contributed by atoms with Gasteiger partial charge < -0.3 is 16.4 Å². The Kier molecular flexibility index (Phi) is 9.24. The first-order chi connectivity index (χ1) is 11.3. The van der Waals surface area contributed by atoms with Crippen LogP contribution < -0.4 is 16.4 Å². The highest BCUT2D eigenvalue weighted by Crippen LogP contribution is 2.21. The summed E-state index contributed by atoms with van der Waals surface area (Å²) in [5.41, 5.74) is 12.9. The molecule has 0 bridgehead atoms. The van der Waals surface area contributed by atoms with Crippen LogP contribution in [-0.4, -0.2) is 25.3 Å². The van der Waals surface area contributed by atoms with E-state index in [1.165, 1.54) is 17.8 Å². The number of nitro groups is 1. The van der Waals surface area contributed by atoms with Gasteiger partial charge in [-0.2, -0.15) is 0 Å². The van der Waals surface area contributed by atoms with Gasteiger partial charge in [0, 0.05) is 37.1 Å². The smallest absolute Gasteiger partial charge is 0.292 e. The van der Waals surface area contributed by atoms with Gasteiger partial charge >= 0.3 is 0 Å². The van der Waals surface area contributed by atoms with E-state index in [0.717, 1.165) is 11.8 Å². The first-order valence-electron chi connectivity index (χ1n) is 7.37. The van der Waals surface area contributed by atoms with Gasteiger partial charge in [-0.15, -0.1) is 0 Å². The van der Waals surface area contributed by atoms with E-state index in [1.807, 2.05) is 57.1 Å². The average molecular weight is 332 g/mol. The van der Waals surface area contributed by atoms with Crippen molar-refractivity contribution in [3.8, 4) is 0 Å². The second kappa shape index (κ2) is 10.6. The van der Waals surface area contributed by atoms with Crippen molar-refractivity contribution in [1.82, 2.24) is 0 Å². The Morgan fingerprint density at radius 2 is 1.58 bits per heavy atom. The zero-order valence-corrected chi connectivity index (χ0v) is 14.4. The molecule has 0 saturated carbocycles. The molecule has 0 aliphatic rings. The van der Waals surface area contributed by atoms with Gasteiger partial charge in [-0.05, 0) is 36.4 Å². The first kappa shape index (κ1) is 20.9. The standard InChI is InChI=1S/C8H12N2.C7H6N2O3.C2H6/c1-10(2)8-5-3-7(9)4-6-8;8-6-2-1-5(4-10)3-7(6)9(11)12;1-2/h3-6H,9H2,1-2H3;1-4H,8H2;1-2H3. The van der Waals surface area contributed by atoms with Crippen LogP contribution in [0.1, 0.15) is 24.2 Å². The number of hydrogen-bond donors (Lipinski definition) is 2. The summed E-state index contributed by atoms with van der Waals surface area (Å²) in [4.78, 5) is 21.9. The highest BCUT2D eigenvalue weighted by atomic mass is 16.6. The van der Waals surface area contributed by atoms with Gasteiger partial charge in [0.1, 0.15) is 12.0 Å². The monoisotopic (exact) mass is 332 g/mol. The summed E-state index contributed by atoms with van der Waals surface area (Å²) in [5, 5.41) is 10.3. The fourth-order valence-electron chi connectivity index (χ4n) is 1.56. The molecule has 7 nitrogen and oxygen atoms in total. The lowest BCUT2D eigenvalue weighted by molar-refractivity contribution is -0.383. The largest absolute Gasteiger partial charge is 0.399 e. The van der Waals surface area contributed by atoms with E-state index in [0.29, 0.717) is 6.29 Å². The van der Waals surface area contributed by atoms with Crippen molar-refractivity contribution in [2.45, 2.75) is 13.8 Å². The molecule has 0 spiro atoms. The van der Waals surface area contributed by atoms with Crippen LogP contribution in [0.5, 0.6) is 0 Å². The molecule has 7 heteroatoms. The van der Waals surface area contributed by atoms with E-state index in [2.05, 4.69) is 0 Å². The van der Waals surface area contributed by atoms with Crippen LogP contribution in [-0.2, 0) is 0 Å². The molecule has 0 fully saturated rings. The molecule has 0 aromatic heterocycles. The summed E-state index contributed by atoms with van der Waals surface area (Å²) in [5.74, 6) is 0. The maximum atomic E-state index is 10.3. The quantitative estimate of drug-likeness (QED) is 0.385. The van der Waals surface area contributed by atoms with Crippen molar-refractivity contribution in [3.63, 3.8) is 0 Å². The van der Waals surface area contributed by atoms with Crippen LogP contribution >= 0.6 is 0 Å². The van der Waals surface area contributed by atoms with E-state index in [4.69, 9.17) is 11.5 Å². The van der Waals surface area contributed by atoms with Gasteiger partial charge in [0.2, 0.25) is 0 Å². The van der Waals surface area contributed by atoms with E-state index in [9.17, 15) is 14.9 Å². The van der Waals surface area contributed by atoms with Crippen molar-refractivity contribution in [2.24, 2.45) is 0 Å². The zero-order chi connectivity index (χ0) is 18.7. The fourth-order valence-corrected chi connectivity index (χ4v) is 1.56. The predicted molar refractivity (Wildman–Crippen MR) is 99.4 cm³/mol. The number of rotatable bonds is 3. The summed E-state index contributed by atoms with van der Waals surface area (Å²) in [7, 11) is 4.01. The SMILES string of the molecule is CC.CN(C)c1ccc(N)cc1.Nc1ccc(C=O)cc1[N+](=O)[O-]. The molecule has 2 aromatic carbocycles. The summed E-state index contributed by atoms with van der Waals surface area (Å²) < 4.78 is 0. The van der Waals surface area contributed by atoms with Gasteiger partial charge in [0.05, 0.1) is 4.92 Å². The predicted octanol–water partition coefficient (Wildman–Crippen LogP) is 3.35. The normalized spacial score (nSPS) is 8.83. The van der Waals surface area contributed by atoms with Crippen molar-refractivity contribution in [1.29, 1.82) is 0 Å². The van der Waals surface area contributed by atoms with E-state index >= 15 is 0 Å². The van der Waals surface area contributed by atoms with Crippen LogP contribution in [0.3, 0.4) is 0 Å². The van der Waals surface area contributed by atoms with E-state index < -0.39 is 4.92 Å². The van der Waals surface area contributed by atoms with Crippen LogP contribution in [0.4, 0.5) is 22.7 Å². The molecule has 0 heterocycles. The van der Waals surface area contributed by atoms with Gasteiger partial charge in [-0.25, -0.2) is 0 Å². The van der Waals surface area contributed by atoms with Crippen LogP contribution in [0.2, 0.25) is 0 Å². The molecule has 0 aliphatic heterocycles. The number of carbonyl (C=O) groups excluding carboxylic acids is 1. The molecule has 2 rings (SSSR count). The lowest BCUT2D eigenvalue weighted by Gasteiger charge is -2.11. The minimum absolute atomic E-state index is 0.0607. The molecule has 0 aliphatic carbocycles. The van der Waals surface area contributed by atoms with Gasteiger partial charge in [-0.3, -0.25) is 14.9 Å². The molecule has 0 unspecified atom stereocenters.